The molecule has 1 fully saturated rings. The first-order valence-corrected chi connectivity index (χ1v) is 6.21. The van der Waals surface area contributed by atoms with Gasteiger partial charge in [0, 0.05) is 25.4 Å². The molecule has 0 radical (unpaired) electrons. The molecule has 1 aromatic heterocycles. The molecule has 1 atom stereocenters. The van der Waals surface area contributed by atoms with Gasteiger partial charge in [-0.2, -0.15) is 0 Å². The van der Waals surface area contributed by atoms with Gasteiger partial charge >= 0.3 is 0 Å². The number of aryl methyl sites for hydroxylation is 1. The van der Waals surface area contributed by atoms with Crippen molar-refractivity contribution >= 4 is 11.6 Å². The fraction of sp³-hybridized carbons (Fsp3) is 0.538. The third-order valence-corrected chi connectivity index (χ3v) is 3.44. The van der Waals surface area contributed by atoms with Crippen LogP contribution >= 0.6 is 0 Å². The van der Waals surface area contributed by atoms with Crippen molar-refractivity contribution in [2.75, 3.05) is 13.1 Å². The Bertz CT molecular complexity index is 465. The topological polar surface area (TPSA) is 66.0 Å². The first kappa shape index (κ1) is 12.7. The van der Waals surface area contributed by atoms with Gasteiger partial charge in [0.15, 0.2) is 0 Å². The number of hydrogen-bond donors (Lipinski definition) is 1. The summed E-state index contributed by atoms with van der Waals surface area (Å²) in [6.45, 7) is 5.06. The van der Waals surface area contributed by atoms with Crippen molar-refractivity contribution in [3.8, 4) is 0 Å². The zero-order valence-electron chi connectivity index (χ0n) is 10.7. The number of nitrogens with zero attached hydrogens (tertiary/aromatic N) is 2. The lowest BCUT2D eigenvalue weighted by Gasteiger charge is -2.32. The average Bonchev–Trinajstić information content (AvgIpc) is 2.83. The zero-order chi connectivity index (χ0) is 13.1. The molecule has 0 bridgehead atoms. The van der Waals surface area contributed by atoms with Crippen LogP contribution < -0.4 is 0 Å². The molecule has 0 aliphatic carbocycles. The van der Waals surface area contributed by atoms with E-state index >= 15 is 0 Å². The molecular weight excluding hydrogens is 232 g/mol. The van der Waals surface area contributed by atoms with E-state index in [-0.39, 0.29) is 11.8 Å². The van der Waals surface area contributed by atoms with Crippen molar-refractivity contribution in [2.45, 2.75) is 26.7 Å². The Hall–Kier alpha value is -1.78. The SMILES string of the molecule is CCC1CN(C(=O)c2coc(C)c2)CCC1=NO. The minimum atomic E-state index is -0.0118. The molecule has 1 unspecified atom stereocenters. The van der Waals surface area contributed by atoms with Gasteiger partial charge in [0.1, 0.15) is 12.0 Å². The Kier molecular flexibility index (Phi) is 3.69. The second-order valence-electron chi connectivity index (χ2n) is 4.64. The van der Waals surface area contributed by atoms with Gasteiger partial charge in [0.25, 0.3) is 5.91 Å². The summed E-state index contributed by atoms with van der Waals surface area (Å²) < 4.78 is 5.16. The second kappa shape index (κ2) is 5.25. The molecule has 1 N–H and O–H groups in total. The Morgan fingerprint density at radius 2 is 2.44 bits per heavy atom. The van der Waals surface area contributed by atoms with E-state index in [1.807, 2.05) is 13.8 Å². The molecule has 1 aromatic rings. The van der Waals surface area contributed by atoms with Crippen molar-refractivity contribution in [3.05, 3.63) is 23.7 Å². The Labute approximate surface area is 106 Å². The second-order valence-corrected chi connectivity index (χ2v) is 4.64. The quantitative estimate of drug-likeness (QED) is 0.647. The monoisotopic (exact) mass is 250 g/mol. The Balaban J connectivity index is 2.09. The van der Waals surface area contributed by atoms with E-state index in [4.69, 9.17) is 9.62 Å². The fourth-order valence-corrected chi connectivity index (χ4v) is 2.34. The summed E-state index contributed by atoms with van der Waals surface area (Å²) in [5.41, 5.74) is 1.39. The fourth-order valence-electron chi connectivity index (χ4n) is 2.34. The molecule has 1 aliphatic rings. The molecule has 0 saturated carbocycles. The van der Waals surface area contributed by atoms with E-state index in [1.165, 1.54) is 6.26 Å². The highest BCUT2D eigenvalue weighted by molar-refractivity contribution is 5.96. The van der Waals surface area contributed by atoms with Crippen LogP contribution in [-0.2, 0) is 0 Å². The Morgan fingerprint density at radius 3 is 3.00 bits per heavy atom. The molecule has 2 heterocycles. The standard InChI is InChI=1S/C13H18N2O3/c1-3-10-7-15(5-4-12(10)14-17)13(16)11-6-9(2)18-8-11/h6,8,10,17H,3-5,7H2,1-2H3. The van der Waals surface area contributed by atoms with Gasteiger partial charge in [0.05, 0.1) is 11.3 Å². The molecule has 1 saturated heterocycles. The van der Waals surface area contributed by atoms with Gasteiger partial charge < -0.3 is 14.5 Å². The molecule has 18 heavy (non-hydrogen) atoms. The van der Waals surface area contributed by atoms with E-state index in [0.717, 1.165) is 17.9 Å². The predicted molar refractivity (Wildman–Crippen MR) is 67.0 cm³/mol. The van der Waals surface area contributed by atoms with E-state index in [1.54, 1.807) is 11.0 Å². The van der Waals surface area contributed by atoms with Crippen molar-refractivity contribution in [2.24, 2.45) is 11.1 Å². The van der Waals surface area contributed by atoms with Crippen LogP contribution in [0, 0.1) is 12.8 Å². The van der Waals surface area contributed by atoms with E-state index in [0.29, 0.717) is 25.1 Å². The third kappa shape index (κ3) is 2.39. The van der Waals surface area contributed by atoms with Crippen LogP contribution in [0.3, 0.4) is 0 Å². The van der Waals surface area contributed by atoms with Gasteiger partial charge in [-0.15, -0.1) is 0 Å². The summed E-state index contributed by atoms with van der Waals surface area (Å²) in [5.74, 6) is 0.878. The van der Waals surface area contributed by atoms with Crippen LogP contribution in [0.5, 0.6) is 0 Å². The molecule has 0 spiro atoms. The summed E-state index contributed by atoms with van der Waals surface area (Å²) in [6, 6.07) is 1.75. The summed E-state index contributed by atoms with van der Waals surface area (Å²) in [5, 5.41) is 12.2. The minimum absolute atomic E-state index is 0.0118. The highest BCUT2D eigenvalue weighted by atomic mass is 16.4. The normalized spacial score (nSPS) is 22.4. The molecule has 1 aliphatic heterocycles. The minimum Gasteiger partial charge on any atom is -0.469 e. The lowest BCUT2D eigenvalue weighted by Crippen LogP contribution is -2.43. The first-order chi connectivity index (χ1) is 8.65. The van der Waals surface area contributed by atoms with Crippen molar-refractivity contribution < 1.29 is 14.4 Å². The van der Waals surface area contributed by atoms with Gasteiger partial charge in [0.2, 0.25) is 0 Å². The molecule has 98 valence electrons. The van der Waals surface area contributed by atoms with E-state index in [9.17, 15) is 4.79 Å². The maximum Gasteiger partial charge on any atom is 0.257 e. The first-order valence-electron chi connectivity index (χ1n) is 6.21. The highest BCUT2D eigenvalue weighted by Crippen LogP contribution is 2.20. The number of carbonyl (C=O) groups is 1. The number of amides is 1. The van der Waals surface area contributed by atoms with Crippen LogP contribution in [0.15, 0.2) is 21.9 Å². The number of piperidine rings is 1. The van der Waals surface area contributed by atoms with Crippen LogP contribution in [0.4, 0.5) is 0 Å². The van der Waals surface area contributed by atoms with Crippen molar-refractivity contribution in [1.29, 1.82) is 0 Å². The molecule has 2 rings (SSSR count). The molecule has 1 amide bonds. The van der Waals surface area contributed by atoms with Crippen molar-refractivity contribution in [1.82, 2.24) is 4.90 Å². The van der Waals surface area contributed by atoms with Crippen LogP contribution in [0.1, 0.15) is 35.9 Å². The Morgan fingerprint density at radius 1 is 1.67 bits per heavy atom. The summed E-state index contributed by atoms with van der Waals surface area (Å²) in [4.78, 5) is 14.0. The average molecular weight is 250 g/mol. The smallest absolute Gasteiger partial charge is 0.257 e. The molecular formula is C13H18N2O3. The van der Waals surface area contributed by atoms with E-state index in [2.05, 4.69) is 5.16 Å². The summed E-state index contributed by atoms with van der Waals surface area (Å²) in [7, 11) is 0. The highest BCUT2D eigenvalue weighted by Gasteiger charge is 2.28. The van der Waals surface area contributed by atoms with Gasteiger partial charge in [-0.1, -0.05) is 12.1 Å². The number of oxime groups is 1. The van der Waals surface area contributed by atoms with E-state index < -0.39 is 0 Å². The molecule has 5 nitrogen and oxygen atoms in total. The summed E-state index contributed by atoms with van der Waals surface area (Å²) in [6.07, 6.45) is 3.00. The van der Waals surface area contributed by atoms with Gasteiger partial charge in [-0.05, 0) is 19.4 Å². The largest absolute Gasteiger partial charge is 0.469 e. The number of hydrogen-bond acceptors (Lipinski definition) is 4. The zero-order valence-corrected chi connectivity index (χ0v) is 10.7. The van der Waals surface area contributed by atoms with Crippen LogP contribution in [-0.4, -0.2) is 34.8 Å². The van der Waals surface area contributed by atoms with Gasteiger partial charge in [-0.25, -0.2) is 0 Å². The number of furan rings is 1. The lowest BCUT2D eigenvalue weighted by molar-refractivity contribution is 0.0728. The number of likely N-dealkylation sites (tertiary alicyclic amines) is 1. The van der Waals surface area contributed by atoms with Gasteiger partial charge in [-0.3, -0.25) is 4.79 Å². The maximum absolute atomic E-state index is 12.2. The predicted octanol–water partition coefficient (Wildman–Crippen LogP) is 2.29. The summed E-state index contributed by atoms with van der Waals surface area (Å²) >= 11 is 0. The lowest BCUT2D eigenvalue weighted by atomic mass is 9.93. The van der Waals surface area contributed by atoms with Crippen molar-refractivity contribution in [3.63, 3.8) is 0 Å². The van der Waals surface area contributed by atoms with Crippen LogP contribution in [0.25, 0.3) is 0 Å². The third-order valence-electron chi connectivity index (χ3n) is 3.44. The van der Waals surface area contributed by atoms with Crippen LogP contribution in [0.2, 0.25) is 0 Å². The maximum atomic E-state index is 12.2. The molecule has 0 aromatic carbocycles. The number of carbonyl (C=O) groups excluding carboxylic acids is 1. The molecule has 5 heteroatoms. The number of rotatable bonds is 2.